The van der Waals surface area contributed by atoms with Gasteiger partial charge in [0.25, 0.3) is 5.91 Å². The lowest BCUT2D eigenvalue weighted by Gasteiger charge is -2.29. The van der Waals surface area contributed by atoms with Crippen LogP contribution in [-0.4, -0.2) is 37.9 Å². The van der Waals surface area contributed by atoms with E-state index in [1.165, 1.54) is 6.20 Å². The second-order valence-electron chi connectivity index (χ2n) is 7.30. The van der Waals surface area contributed by atoms with Crippen molar-refractivity contribution in [1.82, 2.24) is 19.9 Å². The number of nitrogens with zero attached hydrogens (tertiary/aromatic N) is 4. The molecule has 154 valence electrons. The van der Waals surface area contributed by atoms with Gasteiger partial charge >= 0.3 is 0 Å². The standard InChI is InChI=1S/C21H24N8O/c22-16-7-1-2-8-17(16)28-21-26-12-15(18(23)30)20(29-21)27-14-6-3-5-13(11-14)19-24-9-4-10-25-19/h3-6,9-12,16-17H,1-2,7-8,22H2,(H2,23,30)(H2,26,27,28,29). The number of hydrogen-bond acceptors (Lipinski definition) is 8. The molecule has 1 amide bonds. The molecule has 6 N–H and O–H groups in total. The Bertz CT molecular complexity index is 1030. The zero-order valence-corrected chi connectivity index (χ0v) is 16.5. The number of aromatic nitrogens is 4. The minimum absolute atomic E-state index is 0.0529. The molecule has 1 aromatic carbocycles. The third-order valence-corrected chi connectivity index (χ3v) is 5.14. The zero-order valence-electron chi connectivity index (χ0n) is 16.5. The van der Waals surface area contributed by atoms with Crippen molar-refractivity contribution in [3.8, 4) is 11.4 Å². The molecule has 3 aromatic rings. The Kier molecular flexibility index (Phi) is 5.80. The van der Waals surface area contributed by atoms with E-state index in [9.17, 15) is 4.79 Å². The molecule has 1 saturated carbocycles. The summed E-state index contributed by atoms with van der Waals surface area (Å²) >= 11 is 0. The first kappa shape index (κ1) is 19.7. The lowest BCUT2D eigenvalue weighted by molar-refractivity contribution is 0.100. The predicted octanol–water partition coefficient (Wildman–Crippen LogP) is 2.46. The maximum absolute atomic E-state index is 11.9. The Morgan fingerprint density at radius 2 is 1.87 bits per heavy atom. The lowest BCUT2D eigenvalue weighted by atomic mass is 9.91. The van der Waals surface area contributed by atoms with E-state index in [1.807, 2.05) is 24.3 Å². The van der Waals surface area contributed by atoms with Gasteiger partial charge in [-0.2, -0.15) is 4.98 Å². The van der Waals surface area contributed by atoms with Crippen LogP contribution < -0.4 is 22.1 Å². The third kappa shape index (κ3) is 4.52. The Balaban J connectivity index is 1.60. The van der Waals surface area contributed by atoms with Crippen LogP contribution in [0.15, 0.2) is 48.9 Å². The fourth-order valence-electron chi connectivity index (χ4n) is 3.55. The van der Waals surface area contributed by atoms with Crippen molar-refractivity contribution in [2.75, 3.05) is 10.6 Å². The van der Waals surface area contributed by atoms with E-state index in [0.717, 1.165) is 36.9 Å². The molecule has 2 heterocycles. The fourth-order valence-corrected chi connectivity index (χ4v) is 3.55. The second kappa shape index (κ2) is 8.83. The minimum Gasteiger partial charge on any atom is -0.365 e. The van der Waals surface area contributed by atoms with Gasteiger partial charge in [-0.15, -0.1) is 0 Å². The van der Waals surface area contributed by atoms with E-state index in [2.05, 4.69) is 30.6 Å². The van der Waals surface area contributed by atoms with Crippen LogP contribution in [0.25, 0.3) is 11.4 Å². The molecule has 1 aliphatic rings. The minimum atomic E-state index is -0.610. The van der Waals surface area contributed by atoms with E-state index in [0.29, 0.717) is 17.6 Å². The van der Waals surface area contributed by atoms with E-state index >= 15 is 0 Å². The number of carbonyl (C=O) groups excluding carboxylic acids is 1. The van der Waals surface area contributed by atoms with Crippen molar-refractivity contribution in [2.24, 2.45) is 11.5 Å². The van der Waals surface area contributed by atoms with Crippen molar-refractivity contribution in [1.29, 1.82) is 0 Å². The van der Waals surface area contributed by atoms with Crippen LogP contribution in [0.5, 0.6) is 0 Å². The summed E-state index contributed by atoms with van der Waals surface area (Å²) in [5.74, 6) is 0.733. The van der Waals surface area contributed by atoms with E-state index in [4.69, 9.17) is 11.5 Å². The largest absolute Gasteiger partial charge is 0.365 e. The third-order valence-electron chi connectivity index (χ3n) is 5.14. The number of anilines is 3. The zero-order chi connectivity index (χ0) is 20.9. The predicted molar refractivity (Wildman–Crippen MR) is 115 cm³/mol. The first-order valence-electron chi connectivity index (χ1n) is 9.93. The lowest BCUT2D eigenvalue weighted by Crippen LogP contribution is -2.43. The number of nitrogens with one attached hydrogen (secondary N) is 2. The van der Waals surface area contributed by atoms with Gasteiger partial charge in [0.05, 0.1) is 0 Å². The van der Waals surface area contributed by atoms with Crippen LogP contribution >= 0.6 is 0 Å². The number of carbonyl (C=O) groups is 1. The van der Waals surface area contributed by atoms with Crippen LogP contribution in [0.3, 0.4) is 0 Å². The normalized spacial score (nSPS) is 18.6. The highest BCUT2D eigenvalue weighted by atomic mass is 16.1. The summed E-state index contributed by atoms with van der Waals surface area (Å²) in [6.07, 6.45) is 8.98. The average molecular weight is 404 g/mol. The van der Waals surface area contributed by atoms with Gasteiger partial charge in [0, 0.05) is 41.9 Å². The second-order valence-corrected chi connectivity index (χ2v) is 7.30. The number of primary amides is 1. The maximum atomic E-state index is 11.9. The summed E-state index contributed by atoms with van der Waals surface area (Å²) in [5, 5.41) is 6.47. The number of hydrogen-bond donors (Lipinski definition) is 4. The fraction of sp³-hybridized carbons (Fsp3) is 0.286. The summed E-state index contributed by atoms with van der Waals surface area (Å²) in [7, 11) is 0. The summed E-state index contributed by atoms with van der Waals surface area (Å²) in [6, 6.07) is 9.45. The quantitative estimate of drug-likeness (QED) is 0.490. The van der Waals surface area contributed by atoms with Gasteiger partial charge in [-0.05, 0) is 31.0 Å². The molecule has 2 unspecified atom stereocenters. The smallest absolute Gasteiger partial charge is 0.254 e. The summed E-state index contributed by atoms with van der Waals surface area (Å²) in [4.78, 5) is 29.2. The summed E-state index contributed by atoms with van der Waals surface area (Å²) < 4.78 is 0. The van der Waals surface area contributed by atoms with Gasteiger partial charge in [-0.25, -0.2) is 15.0 Å². The SMILES string of the molecule is NC(=O)c1cnc(NC2CCCCC2N)nc1Nc1cccc(-c2ncccn2)c1. The van der Waals surface area contributed by atoms with Crippen molar-refractivity contribution in [3.63, 3.8) is 0 Å². The summed E-state index contributed by atoms with van der Waals surface area (Å²) in [5.41, 5.74) is 13.5. The maximum Gasteiger partial charge on any atom is 0.254 e. The van der Waals surface area contributed by atoms with Gasteiger partial charge in [-0.3, -0.25) is 4.79 Å². The van der Waals surface area contributed by atoms with Crippen LogP contribution in [0.1, 0.15) is 36.0 Å². The number of benzene rings is 1. The van der Waals surface area contributed by atoms with E-state index < -0.39 is 5.91 Å². The average Bonchev–Trinajstić information content (AvgIpc) is 2.76. The molecule has 9 nitrogen and oxygen atoms in total. The Morgan fingerprint density at radius 3 is 2.63 bits per heavy atom. The van der Waals surface area contributed by atoms with Gasteiger partial charge in [0.2, 0.25) is 5.95 Å². The van der Waals surface area contributed by atoms with Gasteiger partial charge in [0.15, 0.2) is 5.82 Å². The van der Waals surface area contributed by atoms with Crippen LogP contribution in [0.2, 0.25) is 0 Å². The first-order valence-corrected chi connectivity index (χ1v) is 9.93. The van der Waals surface area contributed by atoms with Crippen molar-refractivity contribution in [3.05, 3.63) is 54.5 Å². The Labute approximate surface area is 174 Å². The van der Waals surface area contributed by atoms with Crippen LogP contribution in [0, 0.1) is 0 Å². The molecule has 30 heavy (non-hydrogen) atoms. The van der Waals surface area contributed by atoms with Gasteiger partial charge < -0.3 is 22.1 Å². The highest BCUT2D eigenvalue weighted by molar-refractivity contribution is 5.98. The molecule has 1 aliphatic carbocycles. The van der Waals surface area contributed by atoms with E-state index in [-0.39, 0.29) is 17.6 Å². The molecule has 0 radical (unpaired) electrons. The van der Waals surface area contributed by atoms with E-state index in [1.54, 1.807) is 18.5 Å². The highest BCUT2D eigenvalue weighted by Gasteiger charge is 2.23. The summed E-state index contributed by atoms with van der Waals surface area (Å²) in [6.45, 7) is 0. The number of amides is 1. The Hall–Kier alpha value is -3.59. The molecular weight excluding hydrogens is 380 g/mol. The Morgan fingerprint density at radius 1 is 1.07 bits per heavy atom. The van der Waals surface area contributed by atoms with Crippen molar-refractivity contribution >= 4 is 23.4 Å². The molecular formula is C21H24N8O. The molecule has 9 heteroatoms. The molecule has 2 atom stereocenters. The molecule has 0 aliphatic heterocycles. The molecule has 0 bridgehead atoms. The highest BCUT2D eigenvalue weighted by Crippen LogP contribution is 2.25. The van der Waals surface area contributed by atoms with Crippen LogP contribution in [0.4, 0.5) is 17.5 Å². The molecule has 1 fully saturated rings. The monoisotopic (exact) mass is 404 g/mol. The van der Waals surface area contributed by atoms with Crippen molar-refractivity contribution in [2.45, 2.75) is 37.8 Å². The molecule has 4 rings (SSSR count). The van der Waals surface area contributed by atoms with Gasteiger partial charge in [-0.1, -0.05) is 25.0 Å². The molecule has 2 aromatic heterocycles. The van der Waals surface area contributed by atoms with Gasteiger partial charge in [0.1, 0.15) is 11.4 Å². The molecule has 0 saturated heterocycles. The number of nitrogens with two attached hydrogens (primary N) is 2. The molecule has 0 spiro atoms. The topological polar surface area (TPSA) is 145 Å². The van der Waals surface area contributed by atoms with Crippen molar-refractivity contribution < 1.29 is 4.79 Å². The number of rotatable bonds is 6. The first-order chi connectivity index (χ1) is 14.6. The van der Waals surface area contributed by atoms with Crippen LogP contribution in [-0.2, 0) is 0 Å².